The highest BCUT2D eigenvalue weighted by molar-refractivity contribution is 5.89. The van der Waals surface area contributed by atoms with Crippen LogP contribution in [0.3, 0.4) is 0 Å². The van der Waals surface area contributed by atoms with Crippen LogP contribution in [0.5, 0.6) is 5.75 Å². The first-order chi connectivity index (χ1) is 7.79. The normalized spacial score (nSPS) is 16.1. The van der Waals surface area contributed by atoms with Gasteiger partial charge in [0.1, 0.15) is 11.9 Å². The number of methoxy groups -OCH3 is 1. The number of ether oxygens (including phenoxy) is 2. The molecule has 1 fully saturated rings. The minimum atomic E-state index is -0.227. The zero-order chi connectivity index (χ0) is 11.4. The van der Waals surface area contributed by atoms with E-state index in [0.717, 1.165) is 18.6 Å². The summed E-state index contributed by atoms with van der Waals surface area (Å²) in [5, 5.41) is 0. The van der Waals surface area contributed by atoms with Gasteiger partial charge in [-0.3, -0.25) is 0 Å². The molecule has 0 unspecified atom stereocenters. The van der Waals surface area contributed by atoms with E-state index in [0.29, 0.717) is 5.56 Å². The van der Waals surface area contributed by atoms with Crippen LogP contribution in [0.15, 0.2) is 24.3 Å². The van der Waals surface area contributed by atoms with Gasteiger partial charge in [0.15, 0.2) is 0 Å². The highest BCUT2D eigenvalue weighted by Crippen LogP contribution is 2.22. The van der Waals surface area contributed by atoms with Crippen LogP contribution in [-0.4, -0.2) is 19.2 Å². The molecule has 0 aliphatic heterocycles. The molecule has 3 nitrogen and oxygen atoms in total. The minimum Gasteiger partial charge on any atom is -0.497 e. The van der Waals surface area contributed by atoms with Crippen molar-refractivity contribution in [2.45, 2.75) is 31.8 Å². The molecule has 0 N–H and O–H groups in total. The van der Waals surface area contributed by atoms with Gasteiger partial charge in [-0.05, 0) is 49.9 Å². The summed E-state index contributed by atoms with van der Waals surface area (Å²) >= 11 is 0. The Labute approximate surface area is 95.4 Å². The number of carbonyl (C=O) groups is 1. The van der Waals surface area contributed by atoms with E-state index in [2.05, 4.69) is 0 Å². The van der Waals surface area contributed by atoms with E-state index in [1.807, 2.05) is 0 Å². The van der Waals surface area contributed by atoms with Gasteiger partial charge in [-0.1, -0.05) is 0 Å². The Morgan fingerprint density at radius 1 is 1.19 bits per heavy atom. The molecule has 2 rings (SSSR count). The fourth-order valence-corrected chi connectivity index (χ4v) is 1.95. The molecule has 0 atom stereocenters. The predicted molar refractivity (Wildman–Crippen MR) is 60.7 cm³/mol. The molecule has 3 heteroatoms. The van der Waals surface area contributed by atoms with Gasteiger partial charge in [0.05, 0.1) is 12.7 Å². The van der Waals surface area contributed by atoms with E-state index < -0.39 is 0 Å². The lowest BCUT2D eigenvalue weighted by Gasteiger charge is -2.11. The van der Waals surface area contributed by atoms with Crippen molar-refractivity contribution in [3.8, 4) is 5.75 Å². The molecule has 86 valence electrons. The molecule has 1 aromatic carbocycles. The van der Waals surface area contributed by atoms with Crippen LogP contribution in [0.25, 0.3) is 0 Å². The van der Waals surface area contributed by atoms with Crippen LogP contribution in [0.1, 0.15) is 36.0 Å². The quantitative estimate of drug-likeness (QED) is 0.735. The van der Waals surface area contributed by atoms with Crippen LogP contribution >= 0.6 is 0 Å². The lowest BCUT2D eigenvalue weighted by Crippen LogP contribution is -2.14. The highest BCUT2D eigenvalue weighted by Gasteiger charge is 2.19. The third-order valence-corrected chi connectivity index (χ3v) is 2.90. The van der Waals surface area contributed by atoms with Gasteiger partial charge in [0, 0.05) is 0 Å². The molecule has 0 spiro atoms. The monoisotopic (exact) mass is 220 g/mol. The molecule has 0 amide bonds. The summed E-state index contributed by atoms with van der Waals surface area (Å²) < 4.78 is 10.4. The molecular formula is C13H16O3. The second-order valence-corrected chi connectivity index (χ2v) is 4.04. The molecule has 0 heterocycles. The van der Waals surface area contributed by atoms with Crippen molar-refractivity contribution in [1.29, 1.82) is 0 Å². The van der Waals surface area contributed by atoms with Gasteiger partial charge in [-0.2, -0.15) is 0 Å². The zero-order valence-electron chi connectivity index (χ0n) is 9.44. The molecule has 0 aromatic heterocycles. The average Bonchev–Trinajstić information content (AvgIpc) is 2.82. The summed E-state index contributed by atoms with van der Waals surface area (Å²) in [6.07, 6.45) is 4.46. The van der Waals surface area contributed by atoms with Crippen LogP contribution in [0.2, 0.25) is 0 Å². The summed E-state index contributed by atoms with van der Waals surface area (Å²) in [5.74, 6) is 0.520. The van der Waals surface area contributed by atoms with E-state index in [-0.39, 0.29) is 12.1 Å². The molecule has 16 heavy (non-hydrogen) atoms. The van der Waals surface area contributed by atoms with E-state index in [1.54, 1.807) is 31.4 Å². The largest absolute Gasteiger partial charge is 0.497 e. The number of carbonyl (C=O) groups excluding carboxylic acids is 1. The zero-order valence-corrected chi connectivity index (χ0v) is 9.44. The molecular weight excluding hydrogens is 204 g/mol. The molecule has 0 saturated heterocycles. The summed E-state index contributed by atoms with van der Waals surface area (Å²) in [6, 6.07) is 7.00. The van der Waals surface area contributed by atoms with Crippen molar-refractivity contribution in [3.63, 3.8) is 0 Å². The van der Waals surface area contributed by atoms with Gasteiger partial charge in [-0.15, -0.1) is 0 Å². The standard InChI is InChI=1S/C13H16O3/c1-15-11-8-6-10(7-9-11)13(14)16-12-4-2-3-5-12/h6-9,12H,2-5H2,1H3. The minimum absolute atomic E-state index is 0.120. The van der Waals surface area contributed by atoms with Crippen molar-refractivity contribution >= 4 is 5.97 Å². The Kier molecular flexibility index (Phi) is 3.44. The Morgan fingerprint density at radius 3 is 2.38 bits per heavy atom. The van der Waals surface area contributed by atoms with Gasteiger partial charge >= 0.3 is 5.97 Å². The number of hydrogen-bond donors (Lipinski definition) is 0. The van der Waals surface area contributed by atoms with Crippen molar-refractivity contribution in [2.24, 2.45) is 0 Å². The molecule has 1 aliphatic carbocycles. The fraction of sp³-hybridized carbons (Fsp3) is 0.462. The SMILES string of the molecule is COc1ccc(C(=O)OC2CCCC2)cc1. The molecule has 1 saturated carbocycles. The van der Waals surface area contributed by atoms with Gasteiger partial charge in [0.2, 0.25) is 0 Å². The Bertz CT molecular complexity index is 350. The van der Waals surface area contributed by atoms with Crippen LogP contribution < -0.4 is 4.74 Å². The molecule has 1 aromatic rings. The predicted octanol–water partition coefficient (Wildman–Crippen LogP) is 2.79. The fourth-order valence-electron chi connectivity index (χ4n) is 1.95. The van der Waals surface area contributed by atoms with E-state index in [1.165, 1.54) is 12.8 Å². The van der Waals surface area contributed by atoms with E-state index >= 15 is 0 Å². The van der Waals surface area contributed by atoms with Crippen LogP contribution in [0, 0.1) is 0 Å². The second-order valence-electron chi connectivity index (χ2n) is 4.04. The smallest absolute Gasteiger partial charge is 0.338 e. The first-order valence-electron chi connectivity index (χ1n) is 5.64. The van der Waals surface area contributed by atoms with Crippen molar-refractivity contribution in [3.05, 3.63) is 29.8 Å². The maximum Gasteiger partial charge on any atom is 0.338 e. The average molecular weight is 220 g/mol. The van der Waals surface area contributed by atoms with Crippen molar-refractivity contribution in [1.82, 2.24) is 0 Å². The lowest BCUT2D eigenvalue weighted by atomic mass is 10.2. The van der Waals surface area contributed by atoms with E-state index in [9.17, 15) is 4.79 Å². The molecule has 0 radical (unpaired) electrons. The number of rotatable bonds is 3. The van der Waals surface area contributed by atoms with Crippen molar-refractivity contribution in [2.75, 3.05) is 7.11 Å². The van der Waals surface area contributed by atoms with Crippen LogP contribution in [0.4, 0.5) is 0 Å². The summed E-state index contributed by atoms with van der Waals surface area (Å²) in [5.41, 5.74) is 0.590. The van der Waals surface area contributed by atoms with Crippen LogP contribution in [-0.2, 0) is 4.74 Å². The number of hydrogen-bond acceptors (Lipinski definition) is 3. The lowest BCUT2D eigenvalue weighted by molar-refractivity contribution is 0.0318. The molecule has 0 bridgehead atoms. The first kappa shape index (κ1) is 11.0. The highest BCUT2D eigenvalue weighted by atomic mass is 16.5. The number of benzene rings is 1. The topological polar surface area (TPSA) is 35.5 Å². The summed E-state index contributed by atoms with van der Waals surface area (Å²) in [6.45, 7) is 0. The van der Waals surface area contributed by atoms with E-state index in [4.69, 9.17) is 9.47 Å². The van der Waals surface area contributed by atoms with Gasteiger partial charge < -0.3 is 9.47 Å². The molecule has 1 aliphatic rings. The van der Waals surface area contributed by atoms with Crippen molar-refractivity contribution < 1.29 is 14.3 Å². The Hall–Kier alpha value is -1.51. The maximum absolute atomic E-state index is 11.7. The van der Waals surface area contributed by atoms with Gasteiger partial charge in [-0.25, -0.2) is 4.79 Å². The third-order valence-electron chi connectivity index (χ3n) is 2.90. The third kappa shape index (κ3) is 2.54. The number of esters is 1. The summed E-state index contributed by atoms with van der Waals surface area (Å²) in [7, 11) is 1.60. The maximum atomic E-state index is 11.7. The first-order valence-corrected chi connectivity index (χ1v) is 5.64. The Balaban J connectivity index is 1.97. The Morgan fingerprint density at radius 2 is 1.81 bits per heavy atom. The summed E-state index contributed by atoms with van der Waals surface area (Å²) in [4.78, 5) is 11.7. The second kappa shape index (κ2) is 5.01. The van der Waals surface area contributed by atoms with Gasteiger partial charge in [0.25, 0.3) is 0 Å².